The van der Waals surface area contributed by atoms with E-state index < -0.39 is 16.1 Å². The minimum absolute atomic E-state index is 0.0975. The number of likely N-dealkylation sites (N-methyl/N-ethyl adjacent to an activating group) is 1. The first-order chi connectivity index (χ1) is 12.1. The molecule has 146 valence electrons. The molecule has 0 fully saturated rings. The van der Waals surface area contributed by atoms with Gasteiger partial charge in [0.25, 0.3) is 0 Å². The van der Waals surface area contributed by atoms with Gasteiger partial charge in [-0.25, -0.2) is 12.7 Å². The molecule has 0 saturated heterocycles. The van der Waals surface area contributed by atoms with Crippen molar-refractivity contribution in [2.45, 2.75) is 31.2 Å². The molecule has 8 nitrogen and oxygen atoms in total. The average molecular weight is 385 g/mol. The minimum atomic E-state index is -3.58. The zero-order valence-corrected chi connectivity index (χ0v) is 16.8. The maximum absolute atomic E-state index is 12.4. The third-order valence-corrected chi connectivity index (χ3v) is 5.70. The summed E-state index contributed by atoms with van der Waals surface area (Å²) in [6, 6.07) is 5.51. The van der Waals surface area contributed by atoms with Gasteiger partial charge in [-0.15, -0.1) is 0 Å². The van der Waals surface area contributed by atoms with Gasteiger partial charge in [-0.1, -0.05) is 13.0 Å². The number of carbonyl (C=O) groups is 2. The van der Waals surface area contributed by atoms with E-state index in [2.05, 4.69) is 10.6 Å². The first-order valence-electron chi connectivity index (χ1n) is 8.40. The summed E-state index contributed by atoms with van der Waals surface area (Å²) in [6.45, 7) is 4.34. The van der Waals surface area contributed by atoms with E-state index in [-0.39, 0.29) is 23.3 Å². The molecule has 2 amide bonds. The SMILES string of the molecule is CCCNC(=O)CN(C)[C@H](C)C(=O)Nc1cccc(S(=O)(=O)N(C)C)c1. The van der Waals surface area contributed by atoms with Gasteiger partial charge < -0.3 is 10.6 Å². The lowest BCUT2D eigenvalue weighted by Crippen LogP contribution is -2.44. The Morgan fingerprint density at radius 1 is 1.19 bits per heavy atom. The van der Waals surface area contributed by atoms with Crippen molar-refractivity contribution in [3.05, 3.63) is 24.3 Å². The topological polar surface area (TPSA) is 98.8 Å². The lowest BCUT2D eigenvalue weighted by atomic mass is 10.2. The van der Waals surface area contributed by atoms with Crippen molar-refractivity contribution < 1.29 is 18.0 Å². The maximum atomic E-state index is 12.4. The van der Waals surface area contributed by atoms with Crippen molar-refractivity contribution in [2.75, 3.05) is 39.5 Å². The molecule has 1 aromatic rings. The number of hydrogen-bond donors (Lipinski definition) is 2. The molecule has 0 unspecified atom stereocenters. The number of nitrogens with zero attached hydrogens (tertiary/aromatic N) is 2. The highest BCUT2D eigenvalue weighted by molar-refractivity contribution is 7.89. The van der Waals surface area contributed by atoms with Crippen LogP contribution in [0.2, 0.25) is 0 Å². The Morgan fingerprint density at radius 2 is 1.85 bits per heavy atom. The van der Waals surface area contributed by atoms with Gasteiger partial charge in [-0.3, -0.25) is 14.5 Å². The molecule has 0 heterocycles. The number of hydrogen-bond acceptors (Lipinski definition) is 5. The molecule has 0 aromatic heterocycles. The Balaban J connectivity index is 2.77. The molecule has 0 aliphatic heterocycles. The van der Waals surface area contributed by atoms with Crippen LogP contribution in [0.1, 0.15) is 20.3 Å². The predicted octanol–water partition coefficient (Wildman–Crippen LogP) is 0.722. The highest BCUT2D eigenvalue weighted by atomic mass is 32.2. The summed E-state index contributed by atoms with van der Waals surface area (Å²) in [5.41, 5.74) is 0.383. The highest BCUT2D eigenvalue weighted by Gasteiger charge is 2.21. The van der Waals surface area contributed by atoms with Gasteiger partial charge >= 0.3 is 0 Å². The summed E-state index contributed by atoms with van der Waals surface area (Å²) in [6.07, 6.45) is 0.845. The summed E-state index contributed by atoms with van der Waals surface area (Å²) in [7, 11) is 0.997. The van der Waals surface area contributed by atoms with Gasteiger partial charge in [-0.05, 0) is 38.6 Å². The second-order valence-electron chi connectivity index (χ2n) is 6.25. The van der Waals surface area contributed by atoms with E-state index in [0.29, 0.717) is 12.2 Å². The van der Waals surface area contributed by atoms with Crippen LogP contribution >= 0.6 is 0 Å². The van der Waals surface area contributed by atoms with E-state index in [1.54, 1.807) is 31.0 Å². The highest BCUT2D eigenvalue weighted by Crippen LogP contribution is 2.18. The third kappa shape index (κ3) is 6.08. The molecule has 0 aliphatic carbocycles. The molecule has 0 aliphatic rings. The van der Waals surface area contributed by atoms with Gasteiger partial charge in [0.2, 0.25) is 21.8 Å². The zero-order chi connectivity index (χ0) is 19.9. The van der Waals surface area contributed by atoms with Crippen LogP contribution in [-0.4, -0.2) is 69.7 Å². The summed E-state index contributed by atoms with van der Waals surface area (Å²) in [5.74, 6) is -0.469. The number of amides is 2. The number of sulfonamides is 1. The van der Waals surface area contributed by atoms with Crippen LogP contribution in [0.25, 0.3) is 0 Å². The predicted molar refractivity (Wildman–Crippen MR) is 101 cm³/mol. The molecule has 1 aromatic carbocycles. The van der Waals surface area contributed by atoms with E-state index in [1.165, 1.54) is 26.2 Å². The number of anilines is 1. The first kappa shape index (κ1) is 22.1. The monoisotopic (exact) mass is 384 g/mol. The summed E-state index contributed by atoms with van der Waals surface area (Å²) in [4.78, 5) is 25.9. The van der Waals surface area contributed by atoms with E-state index in [1.807, 2.05) is 6.92 Å². The van der Waals surface area contributed by atoms with E-state index in [0.717, 1.165) is 10.7 Å². The normalized spacial score (nSPS) is 12.9. The standard InChI is InChI=1S/C17H28N4O4S/c1-6-10-18-16(22)12-21(5)13(2)17(23)19-14-8-7-9-15(11-14)26(24,25)20(3)4/h7-9,11,13H,6,10,12H2,1-5H3,(H,18,22)(H,19,23)/t13-/m1/s1. The number of carbonyl (C=O) groups excluding carboxylic acids is 2. The summed E-state index contributed by atoms with van der Waals surface area (Å²) < 4.78 is 25.5. The van der Waals surface area contributed by atoms with Gasteiger partial charge in [0, 0.05) is 26.3 Å². The molecule has 0 bridgehead atoms. The average Bonchev–Trinajstić information content (AvgIpc) is 2.59. The maximum Gasteiger partial charge on any atom is 0.242 e. The van der Waals surface area contributed by atoms with Gasteiger partial charge in [0.15, 0.2) is 0 Å². The van der Waals surface area contributed by atoms with Crippen LogP contribution in [-0.2, 0) is 19.6 Å². The Morgan fingerprint density at radius 3 is 2.42 bits per heavy atom. The lowest BCUT2D eigenvalue weighted by Gasteiger charge is -2.23. The zero-order valence-electron chi connectivity index (χ0n) is 15.9. The smallest absolute Gasteiger partial charge is 0.242 e. The van der Waals surface area contributed by atoms with E-state index in [4.69, 9.17) is 0 Å². The van der Waals surface area contributed by atoms with Crippen LogP contribution in [0.4, 0.5) is 5.69 Å². The van der Waals surface area contributed by atoms with Crippen LogP contribution in [0.3, 0.4) is 0 Å². The third-order valence-electron chi connectivity index (χ3n) is 3.89. The molecule has 0 saturated carbocycles. The summed E-state index contributed by atoms with van der Waals surface area (Å²) >= 11 is 0. The molecule has 0 spiro atoms. The van der Waals surface area contributed by atoms with Crippen molar-refractivity contribution in [3.63, 3.8) is 0 Å². The molecule has 0 radical (unpaired) electrons. The van der Waals surface area contributed by atoms with Crippen LogP contribution < -0.4 is 10.6 Å². The van der Waals surface area contributed by atoms with Crippen molar-refractivity contribution in [2.24, 2.45) is 0 Å². The quantitative estimate of drug-likeness (QED) is 0.654. The van der Waals surface area contributed by atoms with Gasteiger partial charge in [-0.2, -0.15) is 0 Å². The molecule has 1 atom stereocenters. The lowest BCUT2D eigenvalue weighted by molar-refractivity contribution is -0.124. The number of nitrogens with one attached hydrogen (secondary N) is 2. The number of rotatable bonds is 9. The number of benzene rings is 1. The molecule has 9 heteroatoms. The van der Waals surface area contributed by atoms with Crippen molar-refractivity contribution in [3.8, 4) is 0 Å². The fourth-order valence-corrected chi connectivity index (χ4v) is 3.02. The fraction of sp³-hybridized carbons (Fsp3) is 0.529. The first-order valence-corrected chi connectivity index (χ1v) is 9.84. The van der Waals surface area contributed by atoms with Crippen molar-refractivity contribution >= 4 is 27.5 Å². The second kappa shape index (κ2) is 9.65. The van der Waals surface area contributed by atoms with E-state index >= 15 is 0 Å². The van der Waals surface area contributed by atoms with Crippen LogP contribution in [0.5, 0.6) is 0 Å². The van der Waals surface area contributed by atoms with Crippen molar-refractivity contribution in [1.29, 1.82) is 0 Å². The molecule has 1 rings (SSSR count). The van der Waals surface area contributed by atoms with Crippen molar-refractivity contribution in [1.82, 2.24) is 14.5 Å². The second-order valence-corrected chi connectivity index (χ2v) is 8.40. The minimum Gasteiger partial charge on any atom is -0.355 e. The van der Waals surface area contributed by atoms with Crippen LogP contribution in [0.15, 0.2) is 29.2 Å². The Kier molecular flexibility index (Phi) is 8.19. The molecular formula is C17H28N4O4S. The Labute approximate surface area is 155 Å². The molecule has 2 N–H and O–H groups in total. The van der Waals surface area contributed by atoms with Gasteiger partial charge in [0.1, 0.15) is 0 Å². The van der Waals surface area contributed by atoms with E-state index in [9.17, 15) is 18.0 Å². The van der Waals surface area contributed by atoms with Crippen LogP contribution in [0, 0.1) is 0 Å². The fourth-order valence-electron chi connectivity index (χ4n) is 2.08. The Bertz CT molecular complexity index is 734. The van der Waals surface area contributed by atoms with Gasteiger partial charge in [0.05, 0.1) is 17.5 Å². The molecule has 26 heavy (non-hydrogen) atoms. The molecular weight excluding hydrogens is 356 g/mol. The largest absolute Gasteiger partial charge is 0.355 e. The summed E-state index contributed by atoms with van der Waals surface area (Å²) in [5, 5.41) is 5.45. The Hall–Kier alpha value is -1.97.